The average molecular weight is 1010 g/mol. The van der Waals surface area contributed by atoms with E-state index in [0.717, 1.165) is 135 Å². The summed E-state index contributed by atoms with van der Waals surface area (Å²) in [6.07, 6.45) is 57.2. The molecule has 0 heterocycles. The van der Waals surface area contributed by atoms with Crippen LogP contribution in [0.4, 0.5) is 0 Å². The van der Waals surface area contributed by atoms with E-state index in [-0.39, 0.29) is 25.9 Å². The molecule has 0 aromatic rings. The van der Waals surface area contributed by atoms with E-state index in [2.05, 4.69) is 93.7 Å². The first-order valence-corrected chi connectivity index (χ1v) is 29.3. The lowest BCUT2D eigenvalue weighted by Crippen LogP contribution is -2.30. The van der Waals surface area contributed by atoms with Gasteiger partial charge in [0.25, 0.3) is 0 Å². The fourth-order valence-corrected chi connectivity index (χ4v) is 8.13. The number of hydrogen-bond donors (Lipinski definition) is 2. The molecule has 0 saturated heterocycles. The lowest BCUT2D eigenvalue weighted by atomic mass is 10.1. The first-order chi connectivity index (χ1) is 34.2. The van der Waals surface area contributed by atoms with Crippen LogP contribution in [0.3, 0.4) is 0 Å². The Balaban J connectivity index is 4.76. The van der Waals surface area contributed by atoms with E-state index in [9.17, 15) is 28.9 Å². The molecule has 0 bridgehead atoms. The molecule has 0 aliphatic rings. The lowest BCUT2D eigenvalue weighted by molar-refractivity contribution is -0.161. The number of esters is 3. The minimum absolute atomic E-state index is 0.143. The summed E-state index contributed by atoms with van der Waals surface area (Å²) >= 11 is 0. The number of unbranched alkanes of at least 4 members (excludes halogenated alkanes) is 22. The zero-order chi connectivity index (χ0) is 51.3. The summed E-state index contributed by atoms with van der Waals surface area (Å²) in [6.45, 7) is 4.42. The first-order valence-electron chi connectivity index (χ1n) is 27.8. The number of aliphatic hydroxyl groups excluding tert-OH is 1. The van der Waals surface area contributed by atoms with Crippen LogP contribution in [0.25, 0.3) is 0 Å². The van der Waals surface area contributed by atoms with Crippen LogP contribution < -0.4 is 0 Å². The standard InChI is InChI=1S/C58H101O11P/c1-4-7-10-13-16-19-22-25-27-30-33-36-39-42-45-48-57(61)68-54(50-59)52-66-70(63,64)67-53-55(51-65-56(60)47-44-41-38-35-32-29-24-21-18-15-12-9-6-3)69-58(62)49-46-43-40-37-34-31-28-26-23-20-17-14-11-8-5-2/h8,11-12,15,17,20-21,24-28,54-55,59H,4-7,9-10,13-14,16,18-19,22-23,29-53H2,1-3H3,(H,63,64)/b11-8-,15-12-,20-17-,24-21-,27-25-,28-26-. The summed E-state index contributed by atoms with van der Waals surface area (Å²) in [4.78, 5) is 48.4. The van der Waals surface area contributed by atoms with Crippen LogP contribution in [0.15, 0.2) is 72.9 Å². The number of allylic oxidation sites excluding steroid dienone is 12. The molecule has 0 amide bonds. The average Bonchev–Trinajstić information content (AvgIpc) is 3.35. The van der Waals surface area contributed by atoms with Crippen LogP contribution in [0, 0.1) is 0 Å². The molecule has 0 aromatic carbocycles. The third-order valence-electron chi connectivity index (χ3n) is 11.6. The van der Waals surface area contributed by atoms with Crippen LogP contribution in [-0.4, -0.2) is 66.5 Å². The molecule has 3 unspecified atom stereocenters. The van der Waals surface area contributed by atoms with E-state index in [4.69, 9.17) is 23.3 Å². The summed E-state index contributed by atoms with van der Waals surface area (Å²) in [5.41, 5.74) is 0. The van der Waals surface area contributed by atoms with Gasteiger partial charge in [-0.1, -0.05) is 190 Å². The first kappa shape index (κ1) is 66.9. The molecule has 70 heavy (non-hydrogen) atoms. The van der Waals surface area contributed by atoms with Gasteiger partial charge < -0.3 is 24.2 Å². The van der Waals surface area contributed by atoms with Crippen LogP contribution in [-0.2, 0) is 42.2 Å². The van der Waals surface area contributed by atoms with E-state index in [1.807, 2.05) is 0 Å². The number of carbonyl (C=O) groups excluding carboxylic acids is 3. The van der Waals surface area contributed by atoms with Crippen LogP contribution in [0.5, 0.6) is 0 Å². The maximum absolute atomic E-state index is 12.9. The molecule has 0 aliphatic heterocycles. The Bertz CT molecular complexity index is 1450. The summed E-state index contributed by atoms with van der Waals surface area (Å²) in [6, 6.07) is 0. The second-order valence-electron chi connectivity index (χ2n) is 18.4. The number of phosphoric acid groups is 1. The highest BCUT2D eigenvalue weighted by Crippen LogP contribution is 2.43. The minimum atomic E-state index is -4.76. The highest BCUT2D eigenvalue weighted by atomic mass is 31.2. The molecule has 12 heteroatoms. The fourth-order valence-electron chi connectivity index (χ4n) is 7.34. The van der Waals surface area contributed by atoms with Crippen LogP contribution in [0.1, 0.15) is 239 Å². The van der Waals surface area contributed by atoms with E-state index in [0.29, 0.717) is 19.3 Å². The number of phosphoric ester groups is 1. The van der Waals surface area contributed by atoms with Gasteiger partial charge in [-0.2, -0.15) is 0 Å². The molecule has 3 atom stereocenters. The van der Waals surface area contributed by atoms with Gasteiger partial charge in [-0.25, -0.2) is 4.57 Å². The largest absolute Gasteiger partial charge is 0.472 e. The molecule has 0 aliphatic carbocycles. The predicted molar refractivity (Wildman–Crippen MR) is 288 cm³/mol. The van der Waals surface area contributed by atoms with Crippen molar-refractivity contribution in [3.8, 4) is 0 Å². The Hall–Kier alpha value is -3.08. The Morgan fingerprint density at radius 2 is 0.771 bits per heavy atom. The van der Waals surface area contributed by atoms with Crippen molar-refractivity contribution in [1.29, 1.82) is 0 Å². The van der Waals surface area contributed by atoms with Gasteiger partial charge in [0, 0.05) is 19.3 Å². The normalized spacial score (nSPS) is 14.0. The molecule has 0 spiro atoms. The maximum atomic E-state index is 12.9. The fraction of sp³-hybridized carbons (Fsp3) is 0.741. The van der Waals surface area contributed by atoms with E-state index in [1.54, 1.807) is 0 Å². The van der Waals surface area contributed by atoms with Gasteiger partial charge in [-0.3, -0.25) is 23.4 Å². The van der Waals surface area contributed by atoms with Gasteiger partial charge in [0.15, 0.2) is 6.10 Å². The molecule has 404 valence electrons. The van der Waals surface area contributed by atoms with E-state index < -0.39 is 57.8 Å². The zero-order valence-electron chi connectivity index (χ0n) is 44.5. The third-order valence-corrected chi connectivity index (χ3v) is 12.5. The van der Waals surface area contributed by atoms with E-state index in [1.165, 1.54) is 44.9 Å². The van der Waals surface area contributed by atoms with Gasteiger partial charge in [0.2, 0.25) is 0 Å². The molecule has 0 saturated carbocycles. The molecule has 0 aromatic heterocycles. The van der Waals surface area contributed by atoms with Crippen molar-refractivity contribution in [3.63, 3.8) is 0 Å². The second-order valence-corrected chi connectivity index (χ2v) is 19.8. The van der Waals surface area contributed by atoms with Gasteiger partial charge in [0.05, 0.1) is 19.8 Å². The molecule has 0 fully saturated rings. The smallest absolute Gasteiger partial charge is 0.462 e. The van der Waals surface area contributed by atoms with Crippen molar-refractivity contribution in [2.75, 3.05) is 26.4 Å². The molecule has 2 N–H and O–H groups in total. The molecular weight excluding hydrogens is 904 g/mol. The number of aliphatic hydroxyl groups is 1. The van der Waals surface area contributed by atoms with Gasteiger partial charge in [-0.15, -0.1) is 0 Å². The topological polar surface area (TPSA) is 155 Å². The Kier molecular flexibility index (Phi) is 50.0. The molecule has 0 radical (unpaired) electrons. The van der Waals surface area contributed by atoms with Crippen molar-refractivity contribution in [1.82, 2.24) is 0 Å². The van der Waals surface area contributed by atoms with Crippen molar-refractivity contribution < 1.29 is 52.2 Å². The minimum Gasteiger partial charge on any atom is -0.462 e. The molecule has 11 nitrogen and oxygen atoms in total. The summed E-state index contributed by atoms with van der Waals surface area (Å²) in [5.74, 6) is -1.51. The van der Waals surface area contributed by atoms with Crippen molar-refractivity contribution in [2.45, 2.75) is 251 Å². The highest BCUT2D eigenvalue weighted by Gasteiger charge is 2.28. The number of carbonyl (C=O) groups is 3. The monoisotopic (exact) mass is 1000 g/mol. The predicted octanol–water partition coefficient (Wildman–Crippen LogP) is 16.1. The van der Waals surface area contributed by atoms with Gasteiger partial charge in [-0.05, 0) is 103 Å². The van der Waals surface area contributed by atoms with Gasteiger partial charge >= 0.3 is 25.7 Å². The highest BCUT2D eigenvalue weighted by molar-refractivity contribution is 7.47. The summed E-state index contributed by atoms with van der Waals surface area (Å²) in [5, 5.41) is 9.80. The second kappa shape index (κ2) is 52.2. The van der Waals surface area contributed by atoms with Crippen molar-refractivity contribution >= 4 is 25.7 Å². The Morgan fingerprint density at radius 1 is 0.414 bits per heavy atom. The van der Waals surface area contributed by atoms with Gasteiger partial charge in [0.1, 0.15) is 12.7 Å². The quantitative estimate of drug-likeness (QED) is 0.0197. The van der Waals surface area contributed by atoms with Crippen LogP contribution >= 0.6 is 7.82 Å². The summed E-state index contributed by atoms with van der Waals surface area (Å²) < 4.78 is 39.4. The zero-order valence-corrected chi connectivity index (χ0v) is 45.4. The third kappa shape index (κ3) is 49.9. The number of hydrogen-bond acceptors (Lipinski definition) is 10. The number of ether oxygens (including phenoxy) is 3. The lowest BCUT2D eigenvalue weighted by Gasteiger charge is -2.21. The van der Waals surface area contributed by atoms with Crippen molar-refractivity contribution in [3.05, 3.63) is 72.9 Å². The van der Waals surface area contributed by atoms with E-state index >= 15 is 0 Å². The summed E-state index contributed by atoms with van der Waals surface area (Å²) in [7, 11) is -4.76. The maximum Gasteiger partial charge on any atom is 0.472 e. The number of rotatable bonds is 51. The molecule has 0 rings (SSSR count). The van der Waals surface area contributed by atoms with Crippen molar-refractivity contribution in [2.24, 2.45) is 0 Å². The molecular formula is C58H101O11P. The van der Waals surface area contributed by atoms with Crippen LogP contribution in [0.2, 0.25) is 0 Å². The Morgan fingerprint density at radius 3 is 1.21 bits per heavy atom. The SMILES string of the molecule is CC/C=C\C/C=C\C/C=C\CCCCCCCC(=O)OC(COC(=O)CCCCCCC/C=C\C/C=C\CCC)COP(=O)(O)OCC(CO)OC(=O)CCCCCCC/C=C\CCCCCCCC. The Labute approximate surface area is 427 Å².